The van der Waals surface area contributed by atoms with E-state index in [4.69, 9.17) is 0 Å². The van der Waals surface area contributed by atoms with Gasteiger partial charge in [0, 0.05) is 19.1 Å². The van der Waals surface area contributed by atoms with Crippen molar-refractivity contribution in [2.24, 2.45) is 0 Å². The molecule has 1 aliphatic rings. The quantitative estimate of drug-likeness (QED) is 0.669. The van der Waals surface area contributed by atoms with Crippen molar-refractivity contribution in [1.82, 2.24) is 10.2 Å². The molecular formula is C9H19FN2. The molecule has 12 heavy (non-hydrogen) atoms. The molecule has 3 heteroatoms. The summed E-state index contributed by atoms with van der Waals surface area (Å²) in [7, 11) is 1.98. The second-order valence-electron chi connectivity index (χ2n) is 3.43. The fourth-order valence-corrected chi connectivity index (χ4v) is 1.92. The molecule has 0 bridgehead atoms. The maximum atomic E-state index is 11.9. The summed E-state index contributed by atoms with van der Waals surface area (Å²) in [5.41, 5.74) is 0. The topological polar surface area (TPSA) is 15.3 Å². The van der Waals surface area contributed by atoms with Gasteiger partial charge in [0.05, 0.1) is 6.67 Å². The number of alkyl halides is 1. The summed E-state index contributed by atoms with van der Waals surface area (Å²) in [6.45, 7) is 2.96. The van der Waals surface area contributed by atoms with Gasteiger partial charge in [-0.25, -0.2) is 0 Å². The number of likely N-dealkylation sites (N-methyl/N-ethyl adjacent to an activating group) is 1. The van der Waals surface area contributed by atoms with Gasteiger partial charge in [-0.3, -0.25) is 9.29 Å². The zero-order valence-electron chi connectivity index (χ0n) is 7.85. The van der Waals surface area contributed by atoms with Crippen LogP contribution in [0.5, 0.6) is 0 Å². The zero-order chi connectivity index (χ0) is 8.81. The van der Waals surface area contributed by atoms with Crippen molar-refractivity contribution in [1.29, 1.82) is 0 Å². The van der Waals surface area contributed by atoms with Crippen molar-refractivity contribution in [2.45, 2.75) is 25.3 Å². The van der Waals surface area contributed by atoms with Crippen LogP contribution in [0.3, 0.4) is 0 Å². The fourth-order valence-electron chi connectivity index (χ4n) is 1.92. The van der Waals surface area contributed by atoms with Crippen molar-refractivity contribution in [2.75, 3.05) is 33.4 Å². The molecule has 1 atom stereocenters. The van der Waals surface area contributed by atoms with Gasteiger partial charge in [0.2, 0.25) is 0 Å². The third kappa shape index (κ3) is 2.72. The monoisotopic (exact) mass is 174 g/mol. The fraction of sp³-hybridized carbons (Fsp3) is 1.00. The van der Waals surface area contributed by atoms with E-state index in [1.807, 2.05) is 7.05 Å². The molecule has 1 saturated heterocycles. The number of halogens is 1. The summed E-state index contributed by atoms with van der Waals surface area (Å²) in [6, 6.07) is 0.654. The molecular weight excluding hydrogens is 155 g/mol. The van der Waals surface area contributed by atoms with E-state index in [1.54, 1.807) is 0 Å². The van der Waals surface area contributed by atoms with Crippen molar-refractivity contribution in [3.63, 3.8) is 0 Å². The normalized spacial score (nSPS) is 25.0. The van der Waals surface area contributed by atoms with Gasteiger partial charge in [0.15, 0.2) is 0 Å². The van der Waals surface area contributed by atoms with E-state index in [9.17, 15) is 4.39 Å². The van der Waals surface area contributed by atoms with Crippen LogP contribution in [-0.2, 0) is 0 Å². The Kier molecular flexibility index (Phi) is 4.54. The second-order valence-corrected chi connectivity index (χ2v) is 3.43. The van der Waals surface area contributed by atoms with Crippen LogP contribution in [0, 0.1) is 0 Å². The molecule has 0 radical (unpaired) electrons. The van der Waals surface area contributed by atoms with E-state index >= 15 is 0 Å². The molecule has 1 aliphatic heterocycles. The van der Waals surface area contributed by atoms with Crippen molar-refractivity contribution >= 4 is 0 Å². The lowest BCUT2D eigenvalue weighted by molar-refractivity contribution is 0.238. The highest BCUT2D eigenvalue weighted by Gasteiger charge is 2.22. The van der Waals surface area contributed by atoms with Gasteiger partial charge >= 0.3 is 0 Å². The van der Waals surface area contributed by atoms with Crippen molar-refractivity contribution < 1.29 is 4.39 Å². The molecule has 1 fully saturated rings. The van der Waals surface area contributed by atoms with E-state index < -0.39 is 0 Å². The SMILES string of the molecule is CNCC1CCCN1CCCF. The van der Waals surface area contributed by atoms with Crippen LogP contribution in [0.1, 0.15) is 19.3 Å². The van der Waals surface area contributed by atoms with Crippen LogP contribution in [0.25, 0.3) is 0 Å². The average molecular weight is 174 g/mol. The first-order chi connectivity index (χ1) is 5.88. The first kappa shape index (κ1) is 9.93. The standard InChI is InChI=1S/C9H19FN2/c1-11-8-9-4-2-6-12(9)7-3-5-10/h9,11H,2-8H2,1H3. The third-order valence-electron chi connectivity index (χ3n) is 2.52. The first-order valence-electron chi connectivity index (χ1n) is 4.83. The molecule has 1 heterocycles. The summed E-state index contributed by atoms with van der Waals surface area (Å²) < 4.78 is 11.9. The Morgan fingerprint density at radius 1 is 1.58 bits per heavy atom. The Hall–Kier alpha value is -0.150. The zero-order valence-corrected chi connectivity index (χ0v) is 7.85. The largest absolute Gasteiger partial charge is 0.318 e. The highest BCUT2D eigenvalue weighted by atomic mass is 19.1. The predicted octanol–water partition coefficient (Wildman–Crippen LogP) is 1.03. The molecule has 2 nitrogen and oxygen atoms in total. The second kappa shape index (κ2) is 5.49. The molecule has 0 amide bonds. The van der Waals surface area contributed by atoms with E-state index in [0.717, 1.165) is 19.6 Å². The van der Waals surface area contributed by atoms with Crippen LogP contribution in [-0.4, -0.2) is 44.3 Å². The highest BCUT2D eigenvalue weighted by molar-refractivity contribution is 4.80. The third-order valence-corrected chi connectivity index (χ3v) is 2.52. The number of nitrogens with one attached hydrogen (secondary N) is 1. The molecule has 0 aromatic carbocycles. The lowest BCUT2D eigenvalue weighted by Crippen LogP contribution is -2.37. The number of likely N-dealkylation sites (tertiary alicyclic amines) is 1. The predicted molar refractivity (Wildman–Crippen MR) is 49.1 cm³/mol. The van der Waals surface area contributed by atoms with Gasteiger partial charge < -0.3 is 5.32 Å². The molecule has 1 rings (SSSR count). The van der Waals surface area contributed by atoms with Gasteiger partial charge in [-0.15, -0.1) is 0 Å². The van der Waals surface area contributed by atoms with Gasteiger partial charge in [-0.2, -0.15) is 0 Å². The lowest BCUT2D eigenvalue weighted by Gasteiger charge is -2.23. The van der Waals surface area contributed by atoms with Crippen LogP contribution < -0.4 is 5.32 Å². The number of rotatable bonds is 5. The molecule has 0 saturated carbocycles. The molecule has 1 N–H and O–H groups in total. The summed E-state index contributed by atoms with van der Waals surface area (Å²) in [4.78, 5) is 2.40. The maximum absolute atomic E-state index is 11.9. The Morgan fingerprint density at radius 3 is 3.08 bits per heavy atom. The smallest absolute Gasteiger partial charge is 0.0906 e. The van der Waals surface area contributed by atoms with Gasteiger partial charge in [0.1, 0.15) is 0 Å². The van der Waals surface area contributed by atoms with Crippen LogP contribution in [0.4, 0.5) is 4.39 Å². The van der Waals surface area contributed by atoms with E-state index in [2.05, 4.69) is 10.2 Å². The summed E-state index contributed by atoms with van der Waals surface area (Å²) in [5, 5.41) is 3.18. The minimum absolute atomic E-state index is 0.178. The van der Waals surface area contributed by atoms with Gasteiger partial charge in [-0.1, -0.05) is 0 Å². The minimum atomic E-state index is -0.178. The van der Waals surface area contributed by atoms with Crippen molar-refractivity contribution in [3.8, 4) is 0 Å². The highest BCUT2D eigenvalue weighted by Crippen LogP contribution is 2.16. The van der Waals surface area contributed by atoms with Crippen LogP contribution >= 0.6 is 0 Å². The minimum Gasteiger partial charge on any atom is -0.318 e. The first-order valence-corrected chi connectivity index (χ1v) is 4.83. The lowest BCUT2D eigenvalue weighted by atomic mass is 10.2. The van der Waals surface area contributed by atoms with Gasteiger partial charge in [-0.05, 0) is 32.9 Å². The Balaban J connectivity index is 2.20. The average Bonchev–Trinajstić information content (AvgIpc) is 2.50. The maximum Gasteiger partial charge on any atom is 0.0906 e. The number of nitrogens with zero attached hydrogens (tertiary/aromatic N) is 1. The van der Waals surface area contributed by atoms with Crippen LogP contribution in [0.15, 0.2) is 0 Å². The Bertz CT molecular complexity index is 119. The summed E-state index contributed by atoms with van der Waals surface area (Å²) in [6.07, 6.45) is 3.24. The van der Waals surface area contributed by atoms with Crippen molar-refractivity contribution in [3.05, 3.63) is 0 Å². The molecule has 0 aromatic rings. The van der Waals surface area contributed by atoms with Crippen LogP contribution in [0.2, 0.25) is 0 Å². The molecule has 72 valence electrons. The molecule has 0 aromatic heterocycles. The summed E-state index contributed by atoms with van der Waals surface area (Å²) >= 11 is 0. The Labute approximate surface area is 74.1 Å². The molecule has 1 unspecified atom stereocenters. The molecule has 0 aliphatic carbocycles. The number of hydrogen-bond donors (Lipinski definition) is 1. The number of hydrogen-bond acceptors (Lipinski definition) is 2. The van der Waals surface area contributed by atoms with E-state index in [-0.39, 0.29) is 6.67 Å². The summed E-state index contributed by atoms with van der Waals surface area (Å²) in [5.74, 6) is 0. The molecule has 0 spiro atoms. The van der Waals surface area contributed by atoms with Gasteiger partial charge in [0.25, 0.3) is 0 Å². The van der Waals surface area contributed by atoms with E-state index in [0.29, 0.717) is 12.5 Å². The van der Waals surface area contributed by atoms with E-state index in [1.165, 1.54) is 12.8 Å². The Morgan fingerprint density at radius 2 is 2.42 bits per heavy atom.